The normalized spacial score (nSPS) is 11.2. The van der Waals surface area contributed by atoms with E-state index in [0.717, 1.165) is 5.56 Å². The molecule has 0 saturated heterocycles. The molecule has 3 aromatic heterocycles. The Morgan fingerprint density at radius 2 is 1.70 bits per heavy atom. The molecule has 0 aliphatic rings. The van der Waals surface area contributed by atoms with E-state index < -0.39 is 22.8 Å². The Balaban J connectivity index is 1.74. The fraction of sp³-hybridized carbons (Fsp3) is 0.269. The first-order chi connectivity index (χ1) is 17.8. The van der Waals surface area contributed by atoms with Crippen LogP contribution in [0.4, 0.5) is 4.39 Å². The molecule has 0 aliphatic heterocycles. The number of nitrogens with one attached hydrogen (secondary N) is 1. The lowest BCUT2D eigenvalue weighted by molar-refractivity contribution is 0.0932. The smallest absolute Gasteiger partial charge is 0.267 e. The zero-order valence-corrected chi connectivity index (χ0v) is 20.1. The second kappa shape index (κ2) is 11.1. The first-order valence-electron chi connectivity index (χ1n) is 11.6. The summed E-state index contributed by atoms with van der Waals surface area (Å²) in [5.41, 5.74) is 0.788. The van der Waals surface area contributed by atoms with Crippen molar-refractivity contribution in [1.29, 1.82) is 0 Å². The zero-order valence-electron chi connectivity index (χ0n) is 20.1. The third-order valence-electron chi connectivity index (χ3n) is 5.97. The molecular weight excluding hydrogens is 483 g/mol. The third kappa shape index (κ3) is 5.56. The van der Waals surface area contributed by atoms with Crippen molar-refractivity contribution in [3.05, 3.63) is 81.5 Å². The van der Waals surface area contributed by atoms with Gasteiger partial charge in [-0.05, 0) is 42.2 Å². The number of rotatable bonds is 10. The lowest BCUT2D eigenvalue weighted by Gasteiger charge is -2.16. The minimum absolute atomic E-state index is 0.0750. The van der Waals surface area contributed by atoms with Crippen molar-refractivity contribution in [3.8, 4) is 17.5 Å². The van der Waals surface area contributed by atoms with Crippen molar-refractivity contribution in [1.82, 2.24) is 19.4 Å². The summed E-state index contributed by atoms with van der Waals surface area (Å²) in [6.07, 6.45) is 2.24. The van der Waals surface area contributed by atoms with Gasteiger partial charge in [0.2, 0.25) is 0 Å². The van der Waals surface area contributed by atoms with Crippen LogP contribution in [0.5, 0.6) is 17.5 Å². The van der Waals surface area contributed by atoms with E-state index in [2.05, 4.69) is 10.3 Å². The Hall–Kier alpha value is -4.38. The molecule has 4 rings (SSSR count). The summed E-state index contributed by atoms with van der Waals surface area (Å²) in [6, 6.07) is 10.4. The molecule has 0 aliphatic carbocycles. The van der Waals surface area contributed by atoms with Gasteiger partial charge in [-0.1, -0.05) is 12.1 Å². The largest absolute Gasteiger partial charge is 0.505 e. The topological polar surface area (TPSA) is 139 Å². The second-order valence-electron chi connectivity index (χ2n) is 8.50. The molecular formula is C26H27FN4O6. The zero-order chi connectivity index (χ0) is 26.5. The van der Waals surface area contributed by atoms with Gasteiger partial charge in [-0.3, -0.25) is 19.1 Å². The first kappa shape index (κ1) is 25.7. The van der Waals surface area contributed by atoms with Crippen LogP contribution in [0.1, 0.15) is 27.9 Å². The van der Waals surface area contributed by atoms with Crippen LogP contribution in [-0.2, 0) is 24.2 Å². The van der Waals surface area contributed by atoms with Crippen molar-refractivity contribution < 1.29 is 29.2 Å². The van der Waals surface area contributed by atoms with Crippen LogP contribution >= 0.6 is 0 Å². The van der Waals surface area contributed by atoms with Crippen LogP contribution in [0.2, 0.25) is 0 Å². The van der Waals surface area contributed by atoms with E-state index in [-0.39, 0.29) is 49.3 Å². The van der Waals surface area contributed by atoms with Gasteiger partial charge in [0.15, 0.2) is 17.5 Å². The summed E-state index contributed by atoms with van der Waals surface area (Å²) < 4.78 is 20.8. The average molecular weight is 511 g/mol. The number of ether oxygens (including phenoxy) is 1. The molecule has 0 spiro atoms. The maximum Gasteiger partial charge on any atom is 0.267 e. The lowest BCUT2D eigenvalue weighted by Crippen LogP contribution is -2.35. The highest BCUT2D eigenvalue weighted by molar-refractivity contribution is 6.01. The van der Waals surface area contributed by atoms with Crippen molar-refractivity contribution in [2.24, 2.45) is 0 Å². The predicted octanol–water partition coefficient (Wildman–Crippen LogP) is 2.51. The number of nitrogens with zero attached hydrogens (tertiary/aromatic N) is 3. The number of hydrogen-bond donors (Lipinski definition) is 4. The maximum atomic E-state index is 13.4. The van der Waals surface area contributed by atoms with Gasteiger partial charge in [-0.2, -0.15) is 0 Å². The molecule has 0 fully saturated rings. The molecule has 0 saturated carbocycles. The number of amides is 1. The van der Waals surface area contributed by atoms with E-state index in [4.69, 9.17) is 4.74 Å². The van der Waals surface area contributed by atoms with Crippen molar-refractivity contribution >= 4 is 16.9 Å². The Bertz CT molecular complexity index is 1460. The number of aromatic hydroxyl groups is 3. The minimum atomic E-state index is -0.756. The summed E-state index contributed by atoms with van der Waals surface area (Å²) in [5, 5.41) is 33.2. The third-order valence-corrected chi connectivity index (χ3v) is 5.97. The number of pyridine rings is 2. The van der Waals surface area contributed by atoms with E-state index in [9.17, 15) is 29.3 Å². The predicted molar refractivity (Wildman–Crippen MR) is 133 cm³/mol. The van der Waals surface area contributed by atoms with E-state index in [1.54, 1.807) is 18.2 Å². The number of carbonyl (C=O) groups excluding carboxylic acids is 1. The van der Waals surface area contributed by atoms with Gasteiger partial charge < -0.3 is 29.9 Å². The SMILES string of the molecule is COCCNC(=O)c1c(O)c2ncc(Cc3ccc(F)cc3)cc2n(CCCn2c(O)ccc2O)c1=O. The number of methoxy groups -OCH3 is 1. The number of fused-ring (bicyclic) bond motifs is 1. The molecule has 0 unspecified atom stereocenters. The van der Waals surface area contributed by atoms with Crippen molar-refractivity contribution in [2.45, 2.75) is 25.9 Å². The lowest BCUT2D eigenvalue weighted by atomic mass is 10.1. The standard InChI is InChI=1S/C26H27FN4O6/c1-37-12-9-28-25(35)22-24(34)23-19(14-17(15-29-23)13-16-3-5-18(27)6-4-16)30(26(22)36)10-2-11-31-20(32)7-8-21(31)33/h3-8,14-15,32-34H,2,9-13H2,1H3,(H,28,35). The molecule has 0 bridgehead atoms. The highest BCUT2D eigenvalue weighted by Gasteiger charge is 2.23. The maximum absolute atomic E-state index is 13.4. The van der Waals surface area contributed by atoms with Gasteiger partial charge in [0, 0.05) is 45.1 Å². The summed E-state index contributed by atoms with van der Waals surface area (Å²) >= 11 is 0. The van der Waals surface area contributed by atoms with Gasteiger partial charge in [0.1, 0.15) is 16.9 Å². The van der Waals surface area contributed by atoms with Crippen LogP contribution in [0.15, 0.2) is 53.5 Å². The van der Waals surface area contributed by atoms with Crippen molar-refractivity contribution in [2.75, 3.05) is 20.3 Å². The van der Waals surface area contributed by atoms with E-state index in [1.165, 1.54) is 46.7 Å². The van der Waals surface area contributed by atoms with E-state index in [1.807, 2.05) is 0 Å². The summed E-state index contributed by atoms with van der Waals surface area (Å²) in [4.78, 5) is 30.6. The Morgan fingerprint density at radius 1 is 1.03 bits per heavy atom. The van der Waals surface area contributed by atoms with Gasteiger partial charge >= 0.3 is 0 Å². The van der Waals surface area contributed by atoms with Gasteiger partial charge in [-0.25, -0.2) is 4.39 Å². The number of aryl methyl sites for hydroxylation is 1. The van der Waals surface area contributed by atoms with E-state index in [0.29, 0.717) is 23.9 Å². The molecule has 4 N–H and O–H groups in total. The van der Waals surface area contributed by atoms with Gasteiger partial charge in [0.05, 0.1) is 12.1 Å². The van der Waals surface area contributed by atoms with E-state index >= 15 is 0 Å². The molecule has 37 heavy (non-hydrogen) atoms. The Labute approximate surface area is 211 Å². The minimum Gasteiger partial charge on any atom is -0.505 e. The summed E-state index contributed by atoms with van der Waals surface area (Å²) in [6.45, 7) is 0.663. The van der Waals surface area contributed by atoms with Crippen LogP contribution < -0.4 is 10.9 Å². The molecule has 11 heteroatoms. The number of carbonyl (C=O) groups is 1. The van der Waals surface area contributed by atoms with Crippen LogP contribution in [0, 0.1) is 5.82 Å². The molecule has 0 radical (unpaired) electrons. The van der Waals surface area contributed by atoms with Crippen LogP contribution in [0.25, 0.3) is 11.0 Å². The summed E-state index contributed by atoms with van der Waals surface area (Å²) in [7, 11) is 1.47. The quantitative estimate of drug-likeness (QED) is 0.241. The molecule has 0 atom stereocenters. The fourth-order valence-electron chi connectivity index (χ4n) is 4.13. The molecule has 4 aromatic rings. The molecule has 1 aromatic carbocycles. The highest BCUT2D eigenvalue weighted by Crippen LogP contribution is 2.27. The number of hydrogen-bond acceptors (Lipinski definition) is 7. The Morgan fingerprint density at radius 3 is 2.38 bits per heavy atom. The fourth-order valence-corrected chi connectivity index (χ4v) is 4.13. The molecule has 1 amide bonds. The monoisotopic (exact) mass is 510 g/mol. The molecule has 194 valence electrons. The number of aromatic nitrogens is 3. The Kier molecular flexibility index (Phi) is 7.73. The van der Waals surface area contributed by atoms with Gasteiger partial charge in [-0.15, -0.1) is 0 Å². The summed E-state index contributed by atoms with van der Waals surface area (Å²) in [5.74, 6) is -1.88. The average Bonchev–Trinajstić information content (AvgIpc) is 3.19. The van der Waals surface area contributed by atoms with Gasteiger partial charge in [0.25, 0.3) is 11.5 Å². The number of halogens is 1. The molecule has 10 nitrogen and oxygen atoms in total. The number of benzene rings is 1. The first-order valence-corrected chi connectivity index (χ1v) is 11.6. The second-order valence-corrected chi connectivity index (χ2v) is 8.50. The highest BCUT2D eigenvalue weighted by atomic mass is 19.1. The molecule has 3 heterocycles. The van der Waals surface area contributed by atoms with Crippen molar-refractivity contribution in [3.63, 3.8) is 0 Å². The van der Waals surface area contributed by atoms with Crippen LogP contribution in [-0.4, -0.2) is 55.6 Å². The van der Waals surface area contributed by atoms with Crippen LogP contribution in [0.3, 0.4) is 0 Å².